The molecule has 0 spiro atoms. The fourth-order valence-corrected chi connectivity index (χ4v) is 1.91. The summed E-state index contributed by atoms with van der Waals surface area (Å²) >= 11 is 0. The predicted octanol–water partition coefficient (Wildman–Crippen LogP) is 3.60. The van der Waals surface area contributed by atoms with Crippen molar-refractivity contribution in [1.82, 2.24) is 15.5 Å². The molecule has 0 unspecified atom stereocenters. The van der Waals surface area contributed by atoms with E-state index in [9.17, 15) is 0 Å². The number of hydrogen-bond donors (Lipinski definition) is 2. The summed E-state index contributed by atoms with van der Waals surface area (Å²) in [7, 11) is 0. The van der Waals surface area contributed by atoms with Gasteiger partial charge in [-0.3, -0.25) is 5.10 Å². The minimum Gasteiger partial charge on any atom is -0.313 e. The highest BCUT2D eigenvalue weighted by molar-refractivity contribution is 5.58. The van der Waals surface area contributed by atoms with Crippen molar-refractivity contribution in [3.05, 3.63) is 42.1 Å². The van der Waals surface area contributed by atoms with Crippen molar-refractivity contribution in [1.29, 1.82) is 0 Å². The van der Waals surface area contributed by atoms with Crippen LogP contribution in [-0.2, 0) is 6.54 Å². The topological polar surface area (TPSA) is 40.7 Å². The monoisotopic (exact) mass is 257 g/mol. The van der Waals surface area contributed by atoms with Gasteiger partial charge in [0.15, 0.2) is 0 Å². The molecule has 0 amide bonds. The molecule has 0 aliphatic carbocycles. The van der Waals surface area contributed by atoms with Crippen molar-refractivity contribution in [2.45, 2.75) is 33.7 Å². The summed E-state index contributed by atoms with van der Waals surface area (Å²) in [6.07, 6.45) is 2.97. The molecular weight excluding hydrogens is 234 g/mol. The quantitative estimate of drug-likeness (QED) is 0.803. The molecule has 1 aromatic carbocycles. The van der Waals surface area contributed by atoms with Gasteiger partial charge in [0.2, 0.25) is 0 Å². The minimum absolute atomic E-state index is 0.400. The molecule has 0 bridgehead atoms. The molecule has 0 fully saturated rings. The molecule has 3 nitrogen and oxygen atoms in total. The van der Waals surface area contributed by atoms with E-state index in [1.54, 1.807) is 6.20 Å². The molecule has 1 aromatic heterocycles. The van der Waals surface area contributed by atoms with Crippen molar-refractivity contribution in [3.63, 3.8) is 0 Å². The molecular formula is C16H23N3. The van der Waals surface area contributed by atoms with Crippen molar-refractivity contribution in [2.75, 3.05) is 6.54 Å². The Hall–Kier alpha value is -1.61. The summed E-state index contributed by atoms with van der Waals surface area (Å²) in [6.45, 7) is 8.81. The van der Waals surface area contributed by atoms with Crippen LogP contribution in [0.4, 0.5) is 0 Å². The normalized spacial score (nSPS) is 11.7. The van der Waals surface area contributed by atoms with E-state index in [1.165, 1.54) is 17.5 Å². The van der Waals surface area contributed by atoms with E-state index in [0.29, 0.717) is 5.41 Å². The van der Waals surface area contributed by atoms with Gasteiger partial charge < -0.3 is 5.32 Å². The number of aromatic nitrogens is 2. The molecule has 0 saturated heterocycles. The molecule has 2 N–H and O–H groups in total. The number of hydrogen-bond acceptors (Lipinski definition) is 2. The minimum atomic E-state index is 0.400. The molecule has 3 heteroatoms. The summed E-state index contributed by atoms with van der Waals surface area (Å²) in [5.74, 6) is 0. The van der Waals surface area contributed by atoms with Crippen molar-refractivity contribution in [3.8, 4) is 11.3 Å². The van der Waals surface area contributed by atoms with Gasteiger partial charge in [0.05, 0.1) is 5.69 Å². The average molecular weight is 257 g/mol. The first-order valence-electron chi connectivity index (χ1n) is 6.84. The molecule has 19 heavy (non-hydrogen) atoms. The van der Waals surface area contributed by atoms with Crippen molar-refractivity contribution >= 4 is 0 Å². The van der Waals surface area contributed by atoms with Gasteiger partial charge in [0, 0.05) is 12.7 Å². The van der Waals surface area contributed by atoms with Crippen LogP contribution in [0.3, 0.4) is 0 Å². The predicted molar refractivity (Wildman–Crippen MR) is 79.8 cm³/mol. The Morgan fingerprint density at radius 2 is 1.84 bits per heavy atom. The van der Waals surface area contributed by atoms with Gasteiger partial charge in [-0.2, -0.15) is 5.10 Å². The molecule has 102 valence electrons. The fraction of sp³-hybridized carbons (Fsp3) is 0.438. The van der Waals surface area contributed by atoms with Crippen LogP contribution in [0.5, 0.6) is 0 Å². The van der Waals surface area contributed by atoms with Crippen LogP contribution < -0.4 is 5.32 Å². The summed E-state index contributed by atoms with van der Waals surface area (Å²) in [5.41, 5.74) is 3.96. The summed E-state index contributed by atoms with van der Waals surface area (Å²) in [6, 6.07) is 10.6. The standard InChI is InChI=1S/C16H23N3/c1-16(2,3)9-11-17-12-13-4-6-14(7-5-13)15-8-10-18-19-15/h4-8,10,17H,9,11-12H2,1-3H3,(H,18,19). The Balaban J connectivity index is 1.83. The maximum atomic E-state index is 3.97. The SMILES string of the molecule is CC(C)(C)CCNCc1ccc(-c2ccn[nH]2)cc1. The van der Waals surface area contributed by atoms with E-state index in [2.05, 4.69) is 60.6 Å². The van der Waals surface area contributed by atoms with Gasteiger partial charge in [-0.05, 0) is 35.6 Å². The highest BCUT2D eigenvalue weighted by atomic mass is 15.1. The molecule has 2 aromatic rings. The maximum Gasteiger partial charge on any atom is 0.0650 e. The van der Waals surface area contributed by atoms with E-state index in [0.717, 1.165) is 18.8 Å². The molecule has 0 radical (unpaired) electrons. The zero-order chi connectivity index (χ0) is 13.7. The zero-order valence-electron chi connectivity index (χ0n) is 12.0. The smallest absolute Gasteiger partial charge is 0.0650 e. The second-order valence-corrected chi connectivity index (χ2v) is 6.15. The number of aromatic amines is 1. The van der Waals surface area contributed by atoms with Gasteiger partial charge in [0.25, 0.3) is 0 Å². The van der Waals surface area contributed by atoms with Gasteiger partial charge in [0.1, 0.15) is 0 Å². The lowest BCUT2D eigenvalue weighted by Crippen LogP contribution is -2.20. The number of rotatable bonds is 5. The Morgan fingerprint density at radius 3 is 2.42 bits per heavy atom. The Kier molecular flexibility index (Phi) is 4.38. The Bertz CT molecular complexity index is 478. The van der Waals surface area contributed by atoms with Gasteiger partial charge in [-0.15, -0.1) is 0 Å². The third-order valence-corrected chi connectivity index (χ3v) is 3.15. The van der Waals surface area contributed by atoms with Crippen LogP contribution in [0.1, 0.15) is 32.8 Å². The lowest BCUT2D eigenvalue weighted by atomic mass is 9.92. The Morgan fingerprint density at radius 1 is 1.11 bits per heavy atom. The van der Waals surface area contributed by atoms with Crippen LogP contribution in [-0.4, -0.2) is 16.7 Å². The molecule has 0 aliphatic heterocycles. The second kappa shape index (κ2) is 6.02. The van der Waals surface area contributed by atoms with Gasteiger partial charge in [-0.1, -0.05) is 45.0 Å². The highest BCUT2D eigenvalue weighted by Crippen LogP contribution is 2.18. The first-order valence-corrected chi connectivity index (χ1v) is 6.84. The van der Waals surface area contributed by atoms with E-state index in [1.807, 2.05) is 6.07 Å². The second-order valence-electron chi connectivity index (χ2n) is 6.15. The zero-order valence-corrected chi connectivity index (χ0v) is 12.0. The van der Waals surface area contributed by atoms with E-state index in [-0.39, 0.29) is 0 Å². The van der Waals surface area contributed by atoms with Crippen LogP contribution in [0, 0.1) is 5.41 Å². The fourth-order valence-electron chi connectivity index (χ4n) is 1.91. The molecule has 0 aliphatic rings. The lowest BCUT2D eigenvalue weighted by molar-refractivity contribution is 0.366. The molecule has 0 saturated carbocycles. The van der Waals surface area contributed by atoms with E-state index < -0.39 is 0 Å². The van der Waals surface area contributed by atoms with E-state index in [4.69, 9.17) is 0 Å². The van der Waals surface area contributed by atoms with Crippen molar-refractivity contribution in [2.24, 2.45) is 5.41 Å². The third kappa shape index (κ3) is 4.52. The van der Waals surface area contributed by atoms with Crippen LogP contribution >= 0.6 is 0 Å². The summed E-state index contributed by atoms with van der Waals surface area (Å²) < 4.78 is 0. The largest absolute Gasteiger partial charge is 0.313 e. The van der Waals surface area contributed by atoms with Crippen LogP contribution in [0.15, 0.2) is 36.5 Å². The summed E-state index contributed by atoms with van der Waals surface area (Å²) in [4.78, 5) is 0. The highest BCUT2D eigenvalue weighted by Gasteiger charge is 2.08. The first kappa shape index (κ1) is 13.8. The Labute approximate surface area is 115 Å². The lowest BCUT2D eigenvalue weighted by Gasteiger charge is -2.18. The van der Waals surface area contributed by atoms with Crippen molar-refractivity contribution < 1.29 is 0 Å². The number of nitrogens with one attached hydrogen (secondary N) is 2. The number of H-pyrrole nitrogens is 1. The third-order valence-electron chi connectivity index (χ3n) is 3.15. The van der Waals surface area contributed by atoms with E-state index >= 15 is 0 Å². The molecule has 1 heterocycles. The first-order chi connectivity index (χ1) is 9.04. The maximum absolute atomic E-state index is 3.97. The van der Waals surface area contributed by atoms with Crippen LogP contribution in [0.2, 0.25) is 0 Å². The van der Waals surface area contributed by atoms with Gasteiger partial charge >= 0.3 is 0 Å². The van der Waals surface area contributed by atoms with Gasteiger partial charge in [-0.25, -0.2) is 0 Å². The molecule has 2 rings (SSSR count). The van der Waals surface area contributed by atoms with Crippen LogP contribution in [0.25, 0.3) is 11.3 Å². The average Bonchev–Trinajstić information content (AvgIpc) is 2.88. The number of benzene rings is 1. The molecule has 0 atom stereocenters. The number of nitrogens with zero attached hydrogens (tertiary/aromatic N) is 1. The summed E-state index contributed by atoms with van der Waals surface area (Å²) in [5, 5.41) is 10.4.